The van der Waals surface area contributed by atoms with Crippen LogP contribution in [0.3, 0.4) is 0 Å². The molecular formula is C9H9N3O3. The predicted molar refractivity (Wildman–Crippen MR) is 52.4 cm³/mol. The molecule has 1 aromatic rings. The van der Waals surface area contributed by atoms with E-state index in [1.807, 2.05) is 0 Å². The first-order valence-corrected chi connectivity index (χ1v) is 4.21. The van der Waals surface area contributed by atoms with Gasteiger partial charge in [-0.25, -0.2) is 0 Å². The first kappa shape index (κ1) is 11.0. The third-order valence-electron chi connectivity index (χ3n) is 1.60. The number of nitrogens with zero attached hydrogens (tertiary/aromatic N) is 3. The lowest BCUT2D eigenvalue weighted by Crippen LogP contribution is -2.24. The zero-order valence-electron chi connectivity index (χ0n) is 8.03. The van der Waals surface area contributed by atoms with Gasteiger partial charge < -0.3 is 0 Å². The highest BCUT2D eigenvalue weighted by Crippen LogP contribution is 2.11. The average Bonchev–Trinajstić information content (AvgIpc) is 2.18. The molecule has 1 rings (SSSR count). The van der Waals surface area contributed by atoms with Gasteiger partial charge in [0.2, 0.25) is 5.78 Å². The van der Waals surface area contributed by atoms with Gasteiger partial charge in [-0.15, -0.1) is 10.2 Å². The Hall–Kier alpha value is -2.11. The minimum Gasteiger partial charge on any atom is -0.290 e. The summed E-state index contributed by atoms with van der Waals surface area (Å²) in [5.74, 6) is -0.639. The fraction of sp³-hybridized carbons (Fsp3) is 0.222. The van der Waals surface area contributed by atoms with Gasteiger partial charge in [0.15, 0.2) is 0 Å². The molecule has 0 fully saturated rings. The van der Waals surface area contributed by atoms with E-state index in [4.69, 9.17) is 0 Å². The molecule has 15 heavy (non-hydrogen) atoms. The number of benzene rings is 1. The van der Waals surface area contributed by atoms with Crippen LogP contribution in [0.1, 0.15) is 6.92 Å². The molecule has 0 saturated carbocycles. The van der Waals surface area contributed by atoms with E-state index in [9.17, 15) is 14.9 Å². The first-order valence-electron chi connectivity index (χ1n) is 4.21. The van der Waals surface area contributed by atoms with Crippen molar-refractivity contribution in [2.75, 3.05) is 0 Å². The van der Waals surface area contributed by atoms with Crippen molar-refractivity contribution < 1.29 is 9.72 Å². The van der Waals surface area contributed by atoms with Gasteiger partial charge in [-0.3, -0.25) is 14.9 Å². The Balaban J connectivity index is 2.79. The van der Waals surface area contributed by atoms with Gasteiger partial charge in [-0.1, -0.05) is 18.2 Å². The molecule has 0 spiro atoms. The quantitative estimate of drug-likeness (QED) is 0.429. The number of carbonyl (C=O) groups excluding carboxylic acids is 1. The van der Waals surface area contributed by atoms with E-state index in [1.165, 1.54) is 0 Å². The molecule has 0 amide bonds. The predicted octanol–water partition coefficient (Wildman–Crippen LogP) is 1.96. The largest absolute Gasteiger partial charge is 0.378 e. The number of hydrogen-bond acceptors (Lipinski definition) is 5. The standard InChI is InChI=1S/C9H9N3O3/c1-7(13)9(12(14)15)11-10-8-5-3-2-4-6-8/h2-6,9H,1H3. The molecule has 0 heterocycles. The Morgan fingerprint density at radius 2 is 2.00 bits per heavy atom. The second-order valence-corrected chi connectivity index (χ2v) is 2.82. The molecule has 78 valence electrons. The molecular weight excluding hydrogens is 198 g/mol. The lowest BCUT2D eigenvalue weighted by molar-refractivity contribution is -0.506. The van der Waals surface area contributed by atoms with Gasteiger partial charge in [0.1, 0.15) is 0 Å². The van der Waals surface area contributed by atoms with Crippen molar-refractivity contribution in [3.8, 4) is 0 Å². The summed E-state index contributed by atoms with van der Waals surface area (Å²) < 4.78 is 0. The summed E-state index contributed by atoms with van der Waals surface area (Å²) >= 11 is 0. The fourth-order valence-corrected chi connectivity index (χ4v) is 0.888. The van der Waals surface area contributed by atoms with Gasteiger partial charge in [0, 0.05) is 6.92 Å². The number of hydrogen-bond donors (Lipinski definition) is 0. The van der Waals surface area contributed by atoms with Gasteiger partial charge in [0.05, 0.1) is 10.6 Å². The summed E-state index contributed by atoms with van der Waals surface area (Å²) in [7, 11) is 0. The molecule has 0 aliphatic heterocycles. The highest BCUT2D eigenvalue weighted by Gasteiger charge is 2.24. The first-order chi connectivity index (χ1) is 7.11. The molecule has 0 aromatic heterocycles. The highest BCUT2D eigenvalue weighted by atomic mass is 16.6. The molecule has 0 N–H and O–H groups in total. The second kappa shape index (κ2) is 4.94. The van der Waals surface area contributed by atoms with Crippen LogP contribution in [0.5, 0.6) is 0 Å². The lowest BCUT2D eigenvalue weighted by atomic mass is 10.3. The summed E-state index contributed by atoms with van der Waals surface area (Å²) in [4.78, 5) is 20.4. The van der Waals surface area contributed by atoms with E-state index in [0.29, 0.717) is 5.69 Å². The zero-order chi connectivity index (χ0) is 11.3. The molecule has 0 aliphatic rings. The van der Waals surface area contributed by atoms with Crippen LogP contribution in [0.4, 0.5) is 5.69 Å². The summed E-state index contributed by atoms with van der Waals surface area (Å²) in [6, 6.07) is 8.52. The second-order valence-electron chi connectivity index (χ2n) is 2.82. The SMILES string of the molecule is CC(=O)C(N=Nc1ccccc1)[N+](=O)[O-]. The summed E-state index contributed by atoms with van der Waals surface area (Å²) in [5.41, 5.74) is 0.477. The molecule has 6 nitrogen and oxygen atoms in total. The Kier molecular flexibility index (Phi) is 3.61. The third-order valence-corrected chi connectivity index (χ3v) is 1.60. The van der Waals surface area contributed by atoms with Crippen LogP contribution >= 0.6 is 0 Å². The number of Topliss-reactive ketones (excluding diaryl/α,β-unsaturated/α-hetero) is 1. The maximum atomic E-state index is 10.8. The number of nitro groups is 1. The van der Waals surface area contributed by atoms with Crippen LogP contribution < -0.4 is 0 Å². The van der Waals surface area contributed by atoms with Crippen LogP contribution in [0.15, 0.2) is 40.6 Å². The Morgan fingerprint density at radius 3 is 2.47 bits per heavy atom. The van der Waals surface area contributed by atoms with E-state index in [1.54, 1.807) is 30.3 Å². The van der Waals surface area contributed by atoms with Crippen LogP contribution in [0, 0.1) is 10.1 Å². The van der Waals surface area contributed by atoms with Crippen molar-refractivity contribution in [2.45, 2.75) is 13.1 Å². The van der Waals surface area contributed by atoms with Gasteiger partial charge in [-0.2, -0.15) is 0 Å². The van der Waals surface area contributed by atoms with E-state index >= 15 is 0 Å². The Bertz CT molecular complexity index is 375. The molecule has 0 radical (unpaired) electrons. The van der Waals surface area contributed by atoms with Crippen LogP contribution in [-0.4, -0.2) is 16.9 Å². The van der Waals surface area contributed by atoms with E-state index in [2.05, 4.69) is 10.2 Å². The third kappa shape index (κ3) is 3.26. The number of azo groups is 1. The summed E-state index contributed by atoms with van der Waals surface area (Å²) in [6.07, 6.45) is -1.61. The highest BCUT2D eigenvalue weighted by molar-refractivity contribution is 5.79. The maximum absolute atomic E-state index is 10.8. The molecule has 6 heteroatoms. The monoisotopic (exact) mass is 207 g/mol. The minimum atomic E-state index is -1.61. The number of carbonyl (C=O) groups is 1. The van der Waals surface area contributed by atoms with Crippen molar-refractivity contribution in [1.29, 1.82) is 0 Å². The van der Waals surface area contributed by atoms with E-state index in [0.717, 1.165) is 6.92 Å². The van der Waals surface area contributed by atoms with Crippen LogP contribution in [0.25, 0.3) is 0 Å². The maximum Gasteiger partial charge on any atom is 0.378 e. The van der Waals surface area contributed by atoms with Crippen LogP contribution in [0.2, 0.25) is 0 Å². The molecule has 0 aliphatic carbocycles. The molecule has 0 bridgehead atoms. The van der Waals surface area contributed by atoms with Crippen molar-refractivity contribution in [2.24, 2.45) is 10.2 Å². The summed E-state index contributed by atoms with van der Waals surface area (Å²) in [5, 5.41) is 17.4. The average molecular weight is 207 g/mol. The summed E-state index contributed by atoms with van der Waals surface area (Å²) in [6.45, 7) is 1.11. The smallest absolute Gasteiger partial charge is 0.290 e. The molecule has 1 aromatic carbocycles. The Labute approximate surface area is 85.8 Å². The number of ketones is 1. The number of rotatable bonds is 4. The molecule has 0 saturated heterocycles. The molecule has 1 atom stereocenters. The topological polar surface area (TPSA) is 84.9 Å². The van der Waals surface area contributed by atoms with Crippen molar-refractivity contribution in [1.82, 2.24) is 0 Å². The van der Waals surface area contributed by atoms with Crippen molar-refractivity contribution in [3.63, 3.8) is 0 Å². The van der Waals surface area contributed by atoms with Crippen LogP contribution in [-0.2, 0) is 4.79 Å². The normalized spacial score (nSPS) is 12.6. The fourth-order valence-electron chi connectivity index (χ4n) is 0.888. The lowest BCUT2D eigenvalue weighted by Gasteiger charge is -1.97. The van der Waals surface area contributed by atoms with E-state index < -0.39 is 16.9 Å². The molecule has 1 unspecified atom stereocenters. The zero-order valence-corrected chi connectivity index (χ0v) is 8.03. The van der Waals surface area contributed by atoms with Gasteiger partial charge in [0.25, 0.3) is 0 Å². The van der Waals surface area contributed by atoms with E-state index in [-0.39, 0.29) is 0 Å². The minimum absolute atomic E-state index is 0.477. The Morgan fingerprint density at radius 1 is 1.40 bits per heavy atom. The van der Waals surface area contributed by atoms with Crippen molar-refractivity contribution >= 4 is 11.5 Å². The van der Waals surface area contributed by atoms with Gasteiger partial charge >= 0.3 is 6.17 Å². The van der Waals surface area contributed by atoms with Crippen molar-refractivity contribution in [3.05, 3.63) is 40.4 Å². The van der Waals surface area contributed by atoms with Gasteiger partial charge in [-0.05, 0) is 12.1 Å².